The molecule has 5 heteroatoms. The van der Waals surface area contributed by atoms with Gasteiger partial charge >= 0.3 is 5.97 Å². The molecule has 0 aromatic heterocycles. The molecule has 1 rings (SSSR count). The maximum atomic E-state index is 13.3. The van der Waals surface area contributed by atoms with Crippen molar-refractivity contribution in [3.8, 4) is 5.75 Å². The first-order valence-electron chi connectivity index (χ1n) is 4.76. The van der Waals surface area contributed by atoms with E-state index < -0.39 is 17.9 Å². The molecule has 1 aromatic rings. The molecule has 0 spiro atoms. The highest BCUT2D eigenvalue weighted by molar-refractivity contribution is 9.10. The number of aliphatic carboxylic acids is 1. The maximum absolute atomic E-state index is 13.3. The number of rotatable bonds is 4. The Morgan fingerprint density at radius 2 is 2.12 bits per heavy atom. The van der Waals surface area contributed by atoms with Crippen LogP contribution in [-0.2, 0) is 4.79 Å². The number of hydrogen-bond donors (Lipinski definition) is 1. The molecule has 3 nitrogen and oxygen atoms in total. The van der Waals surface area contributed by atoms with E-state index >= 15 is 0 Å². The van der Waals surface area contributed by atoms with Crippen molar-refractivity contribution in [2.75, 3.05) is 0 Å². The minimum atomic E-state index is -1.10. The average Bonchev–Trinajstić information content (AvgIpc) is 2.18. The topological polar surface area (TPSA) is 46.5 Å². The van der Waals surface area contributed by atoms with Crippen LogP contribution in [0.25, 0.3) is 0 Å². The van der Waals surface area contributed by atoms with Crippen LogP contribution in [0.5, 0.6) is 5.75 Å². The van der Waals surface area contributed by atoms with E-state index in [2.05, 4.69) is 15.9 Å². The van der Waals surface area contributed by atoms with Gasteiger partial charge < -0.3 is 9.84 Å². The zero-order valence-electron chi connectivity index (χ0n) is 8.91. The van der Waals surface area contributed by atoms with Crippen molar-refractivity contribution in [1.82, 2.24) is 0 Å². The van der Waals surface area contributed by atoms with Gasteiger partial charge in [0.1, 0.15) is 0 Å². The Kier molecular flexibility index (Phi) is 4.29. The number of halogens is 2. The Morgan fingerprint density at radius 1 is 1.50 bits per heavy atom. The van der Waals surface area contributed by atoms with E-state index in [1.165, 1.54) is 18.2 Å². The first kappa shape index (κ1) is 13.0. The lowest BCUT2D eigenvalue weighted by Crippen LogP contribution is -2.32. The van der Waals surface area contributed by atoms with E-state index in [9.17, 15) is 9.18 Å². The predicted molar refractivity (Wildman–Crippen MR) is 61.0 cm³/mol. The van der Waals surface area contributed by atoms with Crippen LogP contribution >= 0.6 is 15.9 Å². The summed E-state index contributed by atoms with van der Waals surface area (Å²) in [6, 6.07) is 4.15. The lowest BCUT2D eigenvalue weighted by Gasteiger charge is -2.18. The second-order valence-corrected chi connectivity index (χ2v) is 4.61. The van der Waals surface area contributed by atoms with Crippen LogP contribution in [0.15, 0.2) is 22.7 Å². The summed E-state index contributed by atoms with van der Waals surface area (Å²) in [6.07, 6.45) is -1.05. The smallest absolute Gasteiger partial charge is 0.345 e. The quantitative estimate of drug-likeness (QED) is 0.927. The molecule has 0 saturated heterocycles. The molecule has 0 saturated carbocycles. The van der Waals surface area contributed by atoms with Gasteiger partial charge in [0.15, 0.2) is 17.7 Å². The standard InChI is InChI=1S/C11H12BrFO3/c1-6(2)10(11(14)15)16-9-5-7(12)3-4-8(9)13/h3-6,10H,1-2H3,(H,14,15). The minimum Gasteiger partial charge on any atom is -0.478 e. The van der Waals surface area contributed by atoms with Gasteiger partial charge in [-0.1, -0.05) is 29.8 Å². The Bertz CT molecular complexity index is 393. The molecule has 0 heterocycles. The van der Waals surface area contributed by atoms with E-state index in [1.54, 1.807) is 13.8 Å². The molecule has 16 heavy (non-hydrogen) atoms. The minimum absolute atomic E-state index is 0.0597. The van der Waals surface area contributed by atoms with Crippen molar-refractivity contribution in [1.29, 1.82) is 0 Å². The largest absolute Gasteiger partial charge is 0.478 e. The van der Waals surface area contributed by atoms with Crippen molar-refractivity contribution in [3.05, 3.63) is 28.5 Å². The third-order valence-electron chi connectivity index (χ3n) is 2.00. The average molecular weight is 291 g/mol. The third-order valence-corrected chi connectivity index (χ3v) is 2.49. The molecule has 0 aliphatic rings. The first-order valence-corrected chi connectivity index (χ1v) is 5.55. The summed E-state index contributed by atoms with van der Waals surface area (Å²) in [7, 11) is 0. The van der Waals surface area contributed by atoms with E-state index in [4.69, 9.17) is 9.84 Å². The van der Waals surface area contributed by atoms with Crippen molar-refractivity contribution in [2.24, 2.45) is 5.92 Å². The fraction of sp³-hybridized carbons (Fsp3) is 0.364. The molecule has 0 bridgehead atoms. The van der Waals surface area contributed by atoms with Crippen molar-refractivity contribution in [3.63, 3.8) is 0 Å². The summed E-state index contributed by atoms with van der Waals surface area (Å²) in [6.45, 7) is 3.41. The summed E-state index contributed by atoms with van der Waals surface area (Å²) in [5.74, 6) is -1.98. The van der Waals surface area contributed by atoms with Gasteiger partial charge in [-0.2, -0.15) is 0 Å². The molecule has 0 amide bonds. The predicted octanol–water partition coefficient (Wildman–Crippen LogP) is 3.08. The molecule has 1 unspecified atom stereocenters. The first-order chi connectivity index (χ1) is 7.41. The monoisotopic (exact) mass is 290 g/mol. The summed E-state index contributed by atoms with van der Waals surface area (Å²) >= 11 is 3.17. The summed E-state index contributed by atoms with van der Waals surface area (Å²) in [4.78, 5) is 10.9. The SMILES string of the molecule is CC(C)C(Oc1cc(Br)ccc1F)C(=O)O. The zero-order chi connectivity index (χ0) is 12.3. The number of carboxylic acid groups (broad SMARTS) is 1. The van der Waals surface area contributed by atoms with Crippen molar-refractivity contribution >= 4 is 21.9 Å². The van der Waals surface area contributed by atoms with Crippen LogP contribution < -0.4 is 4.74 Å². The molecule has 0 aliphatic carbocycles. The van der Waals surface area contributed by atoms with Crippen LogP contribution in [0.4, 0.5) is 4.39 Å². The summed E-state index contributed by atoms with van der Waals surface area (Å²) in [5, 5.41) is 8.91. The molecule has 1 aromatic carbocycles. The molecule has 0 fully saturated rings. The van der Waals surface area contributed by atoms with Gasteiger partial charge in [0.2, 0.25) is 0 Å². The van der Waals surface area contributed by atoms with Crippen LogP contribution in [-0.4, -0.2) is 17.2 Å². The zero-order valence-corrected chi connectivity index (χ0v) is 10.5. The van der Waals surface area contributed by atoms with Crippen LogP contribution in [0, 0.1) is 11.7 Å². The highest BCUT2D eigenvalue weighted by atomic mass is 79.9. The number of hydrogen-bond acceptors (Lipinski definition) is 2. The fourth-order valence-corrected chi connectivity index (χ4v) is 1.52. The highest BCUT2D eigenvalue weighted by Gasteiger charge is 2.24. The van der Waals surface area contributed by atoms with E-state index in [0.29, 0.717) is 4.47 Å². The van der Waals surface area contributed by atoms with E-state index in [-0.39, 0.29) is 11.7 Å². The fourth-order valence-electron chi connectivity index (χ4n) is 1.18. The molecular weight excluding hydrogens is 279 g/mol. The molecule has 1 atom stereocenters. The van der Waals surface area contributed by atoms with Crippen LogP contribution in [0.2, 0.25) is 0 Å². The second-order valence-electron chi connectivity index (χ2n) is 3.70. The number of carbonyl (C=O) groups is 1. The van der Waals surface area contributed by atoms with Gasteiger partial charge in [-0.15, -0.1) is 0 Å². The number of ether oxygens (including phenoxy) is 1. The molecule has 88 valence electrons. The van der Waals surface area contributed by atoms with E-state index in [0.717, 1.165) is 0 Å². The highest BCUT2D eigenvalue weighted by Crippen LogP contribution is 2.24. The van der Waals surface area contributed by atoms with Crippen LogP contribution in [0.3, 0.4) is 0 Å². The molecule has 0 radical (unpaired) electrons. The van der Waals surface area contributed by atoms with Crippen molar-refractivity contribution < 1.29 is 19.0 Å². The Morgan fingerprint density at radius 3 is 2.62 bits per heavy atom. The van der Waals surface area contributed by atoms with Gasteiger partial charge in [-0.05, 0) is 18.2 Å². The number of carboxylic acids is 1. The van der Waals surface area contributed by atoms with Gasteiger partial charge in [-0.25, -0.2) is 9.18 Å². The molecular formula is C11H12BrFO3. The maximum Gasteiger partial charge on any atom is 0.345 e. The van der Waals surface area contributed by atoms with Crippen LogP contribution in [0.1, 0.15) is 13.8 Å². The van der Waals surface area contributed by atoms with Crippen molar-refractivity contribution in [2.45, 2.75) is 20.0 Å². The Balaban J connectivity index is 2.93. The van der Waals surface area contributed by atoms with Gasteiger partial charge in [0.05, 0.1) is 0 Å². The Labute approximate surface area is 101 Å². The summed E-state index contributed by atoms with van der Waals surface area (Å²) in [5.41, 5.74) is 0. The molecule has 1 N–H and O–H groups in total. The lowest BCUT2D eigenvalue weighted by molar-refractivity contribution is -0.147. The lowest BCUT2D eigenvalue weighted by atomic mass is 10.1. The third kappa shape index (κ3) is 3.20. The normalized spacial score (nSPS) is 12.6. The Hall–Kier alpha value is -1.10. The summed E-state index contributed by atoms with van der Waals surface area (Å²) < 4.78 is 19.1. The second kappa shape index (κ2) is 5.30. The number of benzene rings is 1. The van der Waals surface area contributed by atoms with E-state index in [1.807, 2.05) is 0 Å². The van der Waals surface area contributed by atoms with Gasteiger partial charge in [0, 0.05) is 10.4 Å². The van der Waals surface area contributed by atoms with Gasteiger partial charge in [-0.3, -0.25) is 0 Å². The van der Waals surface area contributed by atoms with Gasteiger partial charge in [0.25, 0.3) is 0 Å². The molecule has 0 aliphatic heterocycles.